The van der Waals surface area contributed by atoms with Gasteiger partial charge in [0.1, 0.15) is 17.7 Å². The summed E-state index contributed by atoms with van der Waals surface area (Å²) in [6, 6.07) is 5.56. The largest absolute Gasteiger partial charge is 0.385 e. The Morgan fingerprint density at radius 1 is 1.43 bits per heavy atom. The van der Waals surface area contributed by atoms with Crippen LogP contribution in [-0.4, -0.2) is 39.1 Å². The van der Waals surface area contributed by atoms with Gasteiger partial charge in [-0.25, -0.2) is 14.2 Å². The minimum absolute atomic E-state index is 0.0689. The molecule has 2 heterocycles. The number of hydrogen-bond donors (Lipinski definition) is 3. The van der Waals surface area contributed by atoms with Gasteiger partial charge < -0.3 is 20.3 Å². The standard InChI is InChI=1S/C16H19FN4O2/c17-12-2-1-3-13(10-12)20-16(23)21-8-4-11(5-9-21)14(22)15-18-6-7-19-15/h1-3,6-7,10-11,14,22H,4-5,8-9H2,(H,18,19)(H,20,23)/t14-/m0/s1. The van der Waals surface area contributed by atoms with E-state index in [2.05, 4.69) is 15.3 Å². The highest BCUT2D eigenvalue weighted by molar-refractivity contribution is 5.89. The number of amides is 2. The number of likely N-dealkylation sites (tertiary alicyclic amines) is 1. The Labute approximate surface area is 133 Å². The Balaban J connectivity index is 1.53. The van der Waals surface area contributed by atoms with Gasteiger partial charge in [-0.05, 0) is 37.0 Å². The smallest absolute Gasteiger partial charge is 0.321 e. The summed E-state index contributed by atoms with van der Waals surface area (Å²) in [7, 11) is 0. The van der Waals surface area contributed by atoms with Crippen LogP contribution in [0.3, 0.4) is 0 Å². The number of carbonyl (C=O) groups excluding carboxylic acids is 1. The summed E-state index contributed by atoms with van der Waals surface area (Å²) in [5.74, 6) is 0.245. The molecule has 3 rings (SSSR count). The molecule has 1 fully saturated rings. The van der Waals surface area contributed by atoms with E-state index in [1.54, 1.807) is 29.4 Å². The maximum atomic E-state index is 13.1. The van der Waals surface area contributed by atoms with Gasteiger partial charge in [-0.2, -0.15) is 0 Å². The second kappa shape index (κ2) is 6.78. The molecule has 122 valence electrons. The average molecular weight is 318 g/mol. The fourth-order valence-corrected chi connectivity index (χ4v) is 2.85. The summed E-state index contributed by atoms with van der Waals surface area (Å²) in [5, 5.41) is 13.0. The number of piperidine rings is 1. The Morgan fingerprint density at radius 2 is 2.22 bits per heavy atom. The van der Waals surface area contributed by atoms with Crippen molar-refractivity contribution in [2.45, 2.75) is 18.9 Å². The van der Waals surface area contributed by atoms with Crippen LogP contribution >= 0.6 is 0 Å². The van der Waals surface area contributed by atoms with E-state index in [-0.39, 0.29) is 17.8 Å². The summed E-state index contributed by atoms with van der Waals surface area (Å²) < 4.78 is 13.1. The van der Waals surface area contributed by atoms with E-state index >= 15 is 0 Å². The van der Waals surface area contributed by atoms with Crippen LogP contribution in [0, 0.1) is 11.7 Å². The number of nitrogens with one attached hydrogen (secondary N) is 2. The average Bonchev–Trinajstić information content (AvgIpc) is 3.09. The molecule has 0 saturated carbocycles. The number of nitrogens with zero attached hydrogens (tertiary/aromatic N) is 2. The van der Waals surface area contributed by atoms with Crippen molar-refractivity contribution in [3.63, 3.8) is 0 Å². The van der Waals surface area contributed by atoms with Crippen LogP contribution in [0.5, 0.6) is 0 Å². The lowest BCUT2D eigenvalue weighted by atomic mass is 9.91. The Hall–Kier alpha value is -2.41. The number of aromatic nitrogens is 2. The lowest BCUT2D eigenvalue weighted by molar-refractivity contribution is 0.0625. The van der Waals surface area contributed by atoms with E-state index in [4.69, 9.17) is 0 Å². The summed E-state index contributed by atoms with van der Waals surface area (Å²) in [6.45, 7) is 1.09. The molecule has 23 heavy (non-hydrogen) atoms. The van der Waals surface area contributed by atoms with Gasteiger partial charge in [-0.15, -0.1) is 0 Å². The zero-order valence-electron chi connectivity index (χ0n) is 12.6. The Morgan fingerprint density at radius 3 is 2.87 bits per heavy atom. The lowest BCUT2D eigenvalue weighted by Crippen LogP contribution is -2.42. The SMILES string of the molecule is O=C(Nc1cccc(F)c1)N1CCC([C@H](O)c2ncc[nH]2)CC1. The van der Waals surface area contributed by atoms with E-state index in [0.29, 0.717) is 37.4 Å². The normalized spacial score (nSPS) is 17.0. The topological polar surface area (TPSA) is 81.2 Å². The van der Waals surface area contributed by atoms with Gasteiger partial charge in [0, 0.05) is 31.2 Å². The number of benzene rings is 1. The summed E-state index contributed by atoms with van der Waals surface area (Å²) in [5.41, 5.74) is 0.438. The molecule has 1 atom stereocenters. The predicted octanol–water partition coefficient (Wildman–Crippen LogP) is 2.53. The van der Waals surface area contributed by atoms with E-state index in [0.717, 1.165) is 0 Å². The molecule has 0 bridgehead atoms. The molecule has 1 aromatic heterocycles. The van der Waals surface area contributed by atoms with Gasteiger partial charge >= 0.3 is 6.03 Å². The summed E-state index contributed by atoms with van der Waals surface area (Å²) >= 11 is 0. The number of aromatic amines is 1. The van der Waals surface area contributed by atoms with Crippen molar-refractivity contribution in [1.82, 2.24) is 14.9 Å². The van der Waals surface area contributed by atoms with Crippen LogP contribution in [0.2, 0.25) is 0 Å². The number of aliphatic hydroxyl groups is 1. The van der Waals surface area contributed by atoms with Gasteiger partial charge in [-0.3, -0.25) is 0 Å². The van der Waals surface area contributed by atoms with Crippen molar-refractivity contribution >= 4 is 11.7 Å². The second-order valence-electron chi connectivity index (χ2n) is 5.68. The highest BCUT2D eigenvalue weighted by atomic mass is 19.1. The van der Waals surface area contributed by atoms with Crippen LogP contribution in [0.15, 0.2) is 36.7 Å². The second-order valence-corrected chi connectivity index (χ2v) is 5.68. The molecular formula is C16H19FN4O2. The maximum Gasteiger partial charge on any atom is 0.321 e. The molecule has 6 nitrogen and oxygen atoms in total. The molecule has 0 unspecified atom stereocenters. The van der Waals surface area contributed by atoms with E-state index in [9.17, 15) is 14.3 Å². The number of H-pyrrole nitrogens is 1. The van der Waals surface area contributed by atoms with Gasteiger partial charge in [0.25, 0.3) is 0 Å². The van der Waals surface area contributed by atoms with Gasteiger partial charge in [0.15, 0.2) is 0 Å². The lowest BCUT2D eigenvalue weighted by Gasteiger charge is -2.33. The number of hydrogen-bond acceptors (Lipinski definition) is 3. The van der Waals surface area contributed by atoms with Gasteiger partial charge in [0.2, 0.25) is 0 Å². The number of rotatable bonds is 3. The fraction of sp³-hybridized carbons (Fsp3) is 0.375. The Kier molecular flexibility index (Phi) is 4.57. The first-order valence-electron chi connectivity index (χ1n) is 7.62. The van der Waals surface area contributed by atoms with Crippen LogP contribution in [0.25, 0.3) is 0 Å². The minimum Gasteiger partial charge on any atom is -0.385 e. The quantitative estimate of drug-likeness (QED) is 0.813. The summed E-state index contributed by atoms with van der Waals surface area (Å²) in [4.78, 5) is 20.9. The molecule has 1 aliphatic heterocycles. The first-order chi connectivity index (χ1) is 11.1. The van der Waals surface area contributed by atoms with Crippen molar-refractivity contribution in [2.75, 3.05) is 18.4 Å². The highest BCUT2D eigenvalue weighted by Crippen LogP contribution is 2.29. The van der Waals surface area contributed by atoms with E-state index in [1.165, 1.54) is 12.1 Å². The molecule has 1 saturated heterocycles. The van der Waals surface area contributed by atoms with Crippen LogP contribution in [0.1, 0.15) is 24.8 Å². The van der Waals surface area contributed by atoms with Crippen LogP contribution < -0.4 is 5.32 Å². The Bertz CT molecular complexity index is 654. The predicted molar refractivity (Wildman–Crippen MR) is 83.3 cm³/mol. The third kappa shape index (κ3) is 3.68. The molecular weight excluding hydrogens is 299 g/mol. The molecule has 0 spiro atoms. The van der Waals surface area contributed by atoms with Crippen LogP contribution in [-0.2, 0) is 0 Å². The molecule has 0 radical (unpaired) electrons. The van der Waals surface area contributed by atoms with Crippen LogP contribution in [0.4, 0.5) is 14.9 Å². The maximum absolute atomic E-state index is 13.1. The van der Waals surface area contributed by atoms with E-state index < -0.39 is 6.10 Å². The first-order valence-corrected chi connectivity index (χ1v) is 7.62. The number of imidazole rings is 1. The number of urea groups is 1. The molecule has 7 heteroatoms. The van der Waals surface area contributed by atoms with Crippen molar-refractivity contribution in [2.24, 2.45) is 5.92 Å². The molecule has 3 N–H and O–H groups in total. The minimum atomic E-state index is -0.640. The monoisotopic (exact) mass is 318 g/mol. The van der Waals surface area contributed by atoms with Gasteiger partial charge in [-0.1, -0.05) is 6.07 Å². The molecule has 1 aromatic carbocycles. The van der Waals surface area contributed by atoms with E-state index in [1.807, 2.05) is 0 Å². The zero-order chi connectivity index (χ0) is 16.2. The molecule has 0 aliphatic carbocycles. The van der Waals surface area contributed by atoms with Crippen molar-refractivity contribution in [3.05, 3.63) is 48.3 Å². The van der Waals surface area contributed by atoms with Crippen molar-refractivity contribution in [1.29, 1.82) is 0 Å². The fourth-order valence-electron chi connectivity index (χ4n) is 2.85. The van der Waals surface area contributed by atoms with Gasteiger partial charge in [0.05, 0.1) is 0 Å². The third-order valence-electron chi connectivity index (χ3n) is 4.15. The molecule has 1 aliphatic rings. The zero-order valence-corrected chi connectivity index (χ0v) is 12.6. The highest BCUT2D eigenvalue weighted by Gasteiger charge is 2.29. The number of halogens is 1. The molecule has 2 aromatic rings. The summed E-state index contributed by atoms with van der Waals surface area (Å²) in [6.07, 6.45) is 4.04. The third-order valence-corrected chi connectivity index (χ3v) is 4.15. The first kappa shape index (κ1) is 15.5. The van der Waals surface area contributed by atoms with Crippen molar-refractivity contribution in [3.8, 4) is 0 Å². The van der Waals surface area contributed by atoms with Crippen molar-refractivity contribution < 1.29 is 14.3 Å². The number of aliphatic hydroxyl groups excluding tert-OH is 1. The number of anilines is 1. The number of carbonyl (C=O) groups is 1. The molecule has 2 amide bonds.